The second kappa shape index (κ2) is 6.31. The second-order valence-electron chi connectivity index (χ2n) is 6.73. The van der Waals surface area contributed by atoms with Gasteiger partial charge in [0.15, 0.2) is 0 Å². The van der Waals surface area contributed by atoms with Crippen LogP contribution >= 0.6 is 0 Å². The Bertz CT molecular complexity index is 702. The third kappa shape index (κ3) is 3.24. The molecule has 2 fully saturated rings. The summed E-state index contributed by atoms with van der Waals surface area (Å²) in [5.41, 5.74) is -0.501. The topological polar surface area (TPSA) is 78.4 Å². The Labute approximate surface area is 134 Å². The van der Waals surface area contributed by atoms with Crippen LogP contribution in [0.5, 0.6) is 0 Å². The molecule has 3 rings (SSSR count). The van der Waals surface area contributed by atoms with Gasteiger partial charge in [0.2, 0.25) is 5.91 Å². The first-order valence-corrected chi connectivity index (χ1v) is 8.29. The predicted molar refractivity (Wildman–Crippen MR) is 86.4 cm³/mol. The molecule has 1 amide bonds. The normalized spacial score (nSPS) is 22.9. The number of H-pyrrole nitrogens is 1. The number of carbonyl (C=O) groups is 1. The van der Waals surface area contributed by atoms with Crippen molar-refractivity contribution in [1.82, 2.24) is 19.4 Å². The van der Waals surface area contributed by atoms with Gasteiger partial charge in [-0.15, -0.1) is 0 Å². The highest BCUT2D eigenvalue weighted by Gasteiger charge is 2.37. The fraction of sp³-hybridized carbons (Fsp3) is 0.688. The summed E-state index contributed by atoms with van der Waals surface area (Å²) in [7, 11) is 0. The minimum absolute atomic E-state index is 0.0152. The van der Waals surface area contributed by atoms with Gasteiger partial charge in [-0.25, -0.2) is 4.79 Å². The molecular weight excluding hydrogens is 296 g/mol. The Morgan fingerprint density at radius 3 is 2.74 bits per heavy atom. The largest absolute Gasteiger partial charge is 0.338 e. The van der Waals surface area contributed by atoms with Crippen molar-refractivity contribution in [3.63, 3.8) is 0 Å². The molecule has 0 saturated carbocycles. The molecule has 0 bridgehead atoms. The molecule has 1 unspecified atom stereocenters. The van der Waals surface area contributed by atoms with E-state index < -0.39 is 11.2 Å². The van der Waals surface area contributed by atoms with Gasteiger partial charge in [-0.2, -0.15) is 0 Å². The monoisotopic (exact) mass is 320 g/mol. The van der Waals surface area contributed by atoms with Gasteiger partial charge in [0.05, 0.1) is 0 Å². The van der Waals surface area contributed by atoms with E-state index in [1.54, 1.807) is 11.8 Å². The van der Waals surface area contributed by atoms with E-state index in [-0.39, 0.29) is 12.5 Å². The van der Waals surface area contributed by atoms with Crippen LogP contribution in [0.2, 0.25) is 0 Å². The molecule has 0 aliphatic carbocycles. The van der Waals surface area contributed by atoms with E-state index >= 15 is 0 Å². The molecule has 1 N–H and O–H groups in total. The molecule has 1 atom stereocenters. The van der Waals surface area contributed by atoms with Crippen LogP contribution in [-0.2, 0) is 11.3 Å². The van der Waals surface area contributed by atoms with E-state index in [1.807, 2.05) is 0 Å². The molecule has 23 heavy (non-hydrogen) atoms. The molecular formula is C16H24N4O3. The quantitative estimate of drug-likeness (QED) is 0.846. The number of nitrogens with zero attached hydrogens (tertiary/aromatic N) is 3. The van der Waals surface area contributed by atoms with Gasteiger partial charge in [0, 0.05) is 36.9 Å². The maximum absolute atomic E-state index is 12.3. The zero-order valence-electron chi connectivity index (χ0n) is 13.7. The highest BCUT2D eigenvalue weighted by Crippen LogP contribution is 2.24. The zero-order valence-corrected chi connectivity index (χ0v) is 13.7. The van der Waals surface area contributed by atoms with Gasteiger partial charge in [-0.05, 0) is 33.2 Å². The van der Waals surface area contributed by atoms with Crippen LogP contribution in [0.3, 0.4) is 0 Å². The maximum Gasteiger partial charge on any atom is 0.328 e. The minimum atomic E-state index is -0.532. The van der Waals surface area contributed by atoms with Gasteiger partial charge in [0.25, 0.3) is 5.56 Å². The summed E-state index contributed by atoms with van der Waals surface area (Å²) in [4.78, 5) is 41.9. The van der Waals surface area contributed by atoms with Gasteiger partial charge in [-0.1, -0.05) is 6.42 Å². The van der Waals surface area contributed by atoms with Crippen molar-refractivity contribution < 1.29 is 4.79 Å². The lowest BCUT2D eigenvalue weighted by atomic mass is 9.97. The molecule has 1 aromatic heterocycles. The third-order valence-corrected chi connectivity index (χ3v) is 5.03. The number of nitrogens with one attached hydrogen (secondary N) is 1. The smallest absolute Gasteiger partial charge is 0.328 e. The lowest BCUT2D eigenvalue weighted by Gasteiger charge is -2.49. The molecule has 126 valence electrons. The summed E-state index contributed by atoms with van der Waals surface area (Å²) in [6, 6.07) is 1.04. The highest BCUT2D eigenvalue weighted by atomic mass is 16.2. The summed E-state index contributed by atoms with van der Waals surface area (Å²) in [6.07, 6.45) is 5.21. The van der Waals surface area contributed by atoms with E-state index in [2.05, 4.69) is 16.8 Å². The second-order valence-corrected chi connectivity index (χ2v) is 6.73. The van der Waals surface area contributed by atoms with Crippen LogP contribution in [0.1, 0.15) is 31.7 Å². The standard InChI is InChI=1S/C16H24N4O3/c1-11-7-19(16(23)17-15(11)22)10-14(21)18-8-13(9-18)20-6-4-3-5-12(20)2/h7,12-13H,3-6,8-10H2,1-2H3,(H,17,22,23). The molecule has 0 radical (unpaired) electrons. The number of aryl methyl sites for hydroxylation is 1. The number of carbonyl (C=O) groups excluding carboxylic acids is 1. The summed E-state index contributed by atoms with van der Waals surface area (Å²) in [5, 5.41) is 0. The molecule has 1 aromatic rings. The minimum Gasteiger partial charge on any atom is -0.338 e. The highest BCUT2D eigenvalue weighted by molar-refractivity contribution is 5.77. The fourth-order valence-corrected chi connectivity index (χ4v) is 3.51. The van der Waals surface area contributed by atoms with Gasteiger partial charge in [-0.3, -0.25) is 24.0 Å². The Balaban J connectivity index is 1.58. The SMILES string of the molecule is Cc1cn(CC(=O)N2CC(N3CCCCC3C)C2)c(=O)[nH]c1=O. The van der Waals surface area contributed by atoms with E-state index in [9.17, 15) is 14.4 Å². The molecule has 0 aromatic carbocycles. The number of rotatable bonds is 3. The summed E-state index contributed by atoms with van der Waals surface area (Å²) in [5.74, 6) is -0.0699. The molecule has 2 saturated heterocycles. The first-order valence-electron chi connectivity index (χ1n) is 8.29. The zero-order chi connectivity index (χ0) is 16.6. The number of hydrogen-bond donors (Lipinski definition) is 1. The van der Waals surface area contributed by atoms with Crippen LogP contribution in [-0.4, -0.2) is 57.0 Å². The van der Waals surface area contributed by atoms with E-state index in [4.69, 9.17) is 0 Å². The molecule has 2 aliphatic rings. The van der Waals surface area contributed by atoms with Gasteiger partial charge >= 0.3 is 5.69 Å². The van der Waals surface area contributed by atoms with E-state index in [0.29, 0.717) is 17.6 Å². The van der Waals surface area contributed by atoms with E-state index in [1.165, 1.54) is 30.0 Å². The van der Waals surface area contributed by atoms with Crippen LogP contribution in [0.15, 0.2) is 15.8 Å². The average molecular weight is 320 g/mol. The third-order valence-electron chi connectivity index (χ3n) is 5.03. The first kappa shape index (κ1) is 16.0. The van der Waals surface area contributed by atoms with Crippen LogP contribution in [0.25, 0.3) is 0 Å². The van der Waals surface area contributed by atoms with Crippen LogP contribution in [0.4, 0.5) is 0 Å². The van der Waals surface area contributed by atoms with Gasteiger partial charge in [0.1, 0.15) is 6.54 Å². The Morgan fingerprint density at radius 1 is 1.30 bits per heavy atom. The number of hydrogen-bond acceptors (Lipinski definition) is 4. The molecule has 0 spiro atoms. The summed E-state index contributed by atoms with van der Waals surface area (Å²) < 4.78 is 1.27. The van der Waals surface area contributed by atoms with Gasteiger partial charge < -0.3 is 4.90 Å². The lowest BCUT2D eigenvalue weighted by Crippen LogP contribution is -2.64. The number of aromatic amines is 1. The van der Waals surface area contributed by atoms with Crippen molar-refractivity contribution in [3.8, 4) is 0 Å². The number of piperidine rings is 1. The average Bonchev–Trinajstić information content (AvgIpc) is 2.45. The Kier molecular flexibility index (Phi) is 4.39. The Morgan fingerprint density at radius 2 is 2.04 bits per heavy atom. The van der Waals surface area contributed by atoms with Crippen molar-refractivity contribution >= 4 is 5.91 Å². The number of likely N-dealkylation sites (tertiary alicyclic amines) is 2. The van der Waals surface area contributed by atoms with Crippen molar-refractivity contribution in [1.29, 1.82) is 0 Å². The first-order chi connectivity index (χ1) is 11.0. The lowest BCUT2D eigenvalue weighted by molar-refractivity contribution is -0.140. The maximum atomic E-state index is 12.3. The molecule has 7 heteroatoms. The number of aromatic nitrogens is 2. The molecule has 3 heterocycles. The van der Waals surface area contributed by atoms with Crippen molar-refractivity contribution in [2.45, 2.75) is 51.7 Å². The van der Waals surface area contributed by atoms with Crippen molar-refractivity contribution in [3.05, 3.63) is 32.6 Å². The fourth-order valence-electron chi connectivity index (χ4n) is 3.51. The predicted octanol–water partition coefficient (Wildman–Crippen LogP) is -0.0698. The molecule has 7 nitrogen and oxygen atoms in total. The molecule has 2 aliphatic heterocycles. The Hall–Kier alpha value is -1.89. The number of amides is 1. The summed E-state index contributed by atoms with van der Waals surface area (Å²) in [6.45, 7) is 6.45. The van der Waals surface area contributed by atoms with Crippen molar-refractivity contribution in [2.75, 3.05) is 19.6 Å². The van der Waals surface area contributed by atoms with Crippen LogP contribution < -0.4 is 11.2 Å². The van der Waals surface area contributed by atoms with Crippen LogP contribution in [0, 0.1) is 6.92 Å². The summed E-state index contributed by atoms with van der Waals surface area (Å²) >= 11 is 0. The van der Waals surface area contributed by atoms with Crippen molar-refractivity contribution in [2.24, 2.45) is 0 Å². The van der Waals surface area contributed by atoms with E-state index in [0.717, 1.165) is 19.6 Å².